The average Bonchev–Trinajstić information content (AvgIpc) is 3.39. The van der Waals surface area contributed by atoms with Gasteiger partial charge in [0, 0.05) is 30.3 Å². The lowest BCUT2D eigenvalue weighted by Gasteiger charge is -2.37. The maximum absolute atomic E-state index is 15.0. The van der Waals surface area contributed by atoms with E-state index in [1.165, 1.54) is 18.1 Å². The van der Waals surface area contributed by atoms with E-state index in [2.05, 4.69) is 15.5 Å². The molecule has 3 N–H and O–H groups in total. The Labute approximate surface area is 200 Å². The zero-order valence-corrected chi connectivity index (χ0v) is 19.7. The third-order valence-corrected chi connectivity index (χ3v) is 6.92. The molecule has 35 heavy (non-hydrogen) atoms. The molecule has 1 amide bonds. The minimum atomic E-state index is -1.36. The van der Waals surface area contributed by atoms with Crippen molar-refractivity contribution in [3.63, 3.8) is 0 Å². The summed E-state index contributed by atoms with van der Waals surface area (Å²) in [7, 11) is 1.51. The van der Waals surface area contributed by atoms with E-state index < -0.39 is 23.7 Å². The van der Waals surface area contributed by atoms with Crippen LogP contribution in [0.3, 0.4) is 0 Å². The summed E-state index contributed by atoms with van der Waals surface area (Å²) in [4.78, 5) is 31.2. The number of carbonyl (C=O) groups is 1. The molecular weight excluding hydrogens is 455 g/mol. The number of pyridine rings is 1. The van der Waals surface area contributed by atoms with E-state index in [9.17, 15) is 14.7 Å². The van der Waals surface area contributed by atoms with Gasteiger partial charge in [-0.05, 0) is 47.6 Å². The number of halogens is 1. The SMILES string of the molecule is COc1ccc2c(n1)CCN(C(O)c1cc(=O)[nH]o1)[C@H]2C(=O)Nc1cc(F)c2c(c1)CCC2(C)C. The first-order valence-electron chi connectivity index (χ1n) is 11.5. The van der Waals surface area contributed by atoms with E-state index >= 15 is 4.39 Å². The van der Waals surface area contributed by atoms with Crippen LogP contribution in [0.2, 0.25) is 0 Å². The van der Waals surface area contributed by atoms with E-state index in [0.717, 1.165) is 24.5 Å². The highest BCUT2D eigenvalue weighted by atomic mass is 19.1. The highest BCUT2D eigenvalue weighted by molar-refractivity contribution is 5.96. The number of aliphatic hydroxyl groups is 1. The lowest BCUT2D eigenvalue weighted by molar-refractivity contribution is -0.129. The minimum absolute atomic E-state index is 0.0106. The Morgan fingerprint density at radius 3 is 2.86 bits per heavy atom. The van der Waals surface area contributed by atoms with Crippen molar-refractivity contribution >= 4 is 11.6 Å². The summed E-state index contributed by atoms with van der Waals surface area (Å²) in [6.45, 7) is 4.28. The molecule has 0 spiro atoms. The number of aliphatic hydroxyl groups excluding tert-OH is 1. The number of ether oxygens (including phenoxy) is 1. The molecule has 0 radical (unpaired) electrons. The van der Waals surface area contributed by atoms with Gasteiger partial charge in [-0.1, -0.05) is 13.8 Å². The van der Waals surface area contributed by atoms with Crippen molar-refractivity contribution in [3.8, 4) is 5.88 Å². The van der Waals surface area contributed by atoms with Crippen LogP contribution in [0.4, 0.5) is 10.1 Å². The summed E-state index contributed by atoms with van der Waals surface area (Å²) in [6.07, 6.45) is 0.639. The fraction of sp³-hybridized carbons (Fsp3) is 0.400. The molecule has 2 aliphatic rings. The Morgan fingerprint density at radius 2 is 2.14 bits per heavy atom. The van der Waals surface area contributed by atoms with Crippen molar-refractivity contribution in [2.75, 3.05) is 19.0 Å². The Balaban J connectivity index is 1.51. The summed E-state index contributed by atoms with van der Waals surface area (Å²) >= 11 is 0. The molecule has 2 aromatic heterocycles. The van der Waals surface area contributed by atoms with Crippen molar-refractivity contribution in [1.82, 2.24) is 15.0 Å². The normalized spacial score (nSPS) is 19.6. The van der Waals surface area contributed by atoms with Crippen LogP contribution in [0.25, 0.3) is 0 Å². The van der Waals surface area contributed by atoms with Crippen LogP contribution in [0.15, 0.2) is 39.6 Å². The van der Waals surface area contributed by atoms with Crippen molar-refractivity contribution in [3.05, 3.63) is 74.6 Å². The standard InChI is InChI=1S/C25H27FN4O5/c1-25(2)8-6-13-10-14(11-16(26)21(13)25)27-23(32)22-15-4-5-20(34-3)28-17(15)7-9-30(22)24(33)18-12-19(31)29-35-18/h4-5,10-12,22,24,33H,6-9H2,1-3H3,(H,27,32)(H,29,31)/t22-,24?/m1/s1. The van der Waals surface area contributed by atoms with Gasteiger partial charge in [-0.3, -0.25) is 14.5 Å². The molecular formula is C25H27FN4O5. The highest BCUT2D eigenvalue weighted by Gasteiger charge is 2.40. The molecule has 0 fully saturated rings. The molecule has 3 aromatic rings. The summed E-state index contributed by atoms with van der Waals surface area (Å²) in [5.41, 5.74) is 2.40. The summed E-state index contributed by atoms with van der Waals surface area (Å²) in [6, 6.07) is 6.68. The van der Waals surface area contributed by atoms with Gasteiger partial charge < -0.3 is 19.7 Å². The molecule has 0 saturated heterocycles. The van der Waals surface area contributed by atoms with Crippen LogP contribution in [0.1, 0.15) is 60.7 Å². The van der Waals surface area contributed by atoms with Crippen LogP contribution in [-0.2, 0) is 23.1 Å². The summed E-state index contributed by atoms with van der Waals surface area (Å²) in [5.74, 6) is -0.409. The largest absolute Gasteiger partial charge is 0.481 e. The second-order valence-corrected chi connectivity index (χ2v) is 9.63. The number of benzene rings is 1. The molecule has 2 atom stereocenters. The van der Waals surface area contributed by atoms with Gasteiger partial charge in [-0.2, -0.15) is 5.16 Å². The van der Waals surface area contributed by atoms with Gasteiger partial charge in [0.25, 0.3) is 5.56 Å². The summed E-state index contributed by atoms with van der Waals surface area (Å²) < 4.78 is 25.3. The third kappa shape index (κ3) is 4.12. The van der Waals surface area contributed by atoms with Crippen molar-refractivity contribution < 1.29 is 23.6 Å². The maximum Gasteiger partial charge on any atom is 0.280 e. The van der Waals surface area contributed by atoms with Crippen LogP contribution in [-0.4, -0.2) is 39.7 Å². The van der Waals surface area contributed by atoms with Gasteiger partial charge in [0.05, 0.1) is 18.9 Å². The minimum Gasteiger partial charge on any atom is -0.481 e. The second-order valence-electron chi connectivity index (χ2n) is 9.63. The van der Waals surface area contributed by atoms with Crippen molar-refractivity contribution in [2.45, 2.75) is 50.8 Å². The van der Waals surface area contributed by atoms with E-state index in [0.29, 0.717) is 34.8 Å². The molecule has 1 aliphatic carbocycles. The Kier molecular flexibility index (Phi) is 5.72. The molecule has 184 valence electrons. The zero-order valence-electron chi connectivity index (χ0n) is 19.7. The van der Waals surface area contributed by atoms with Gasteiger partial charge in [0.1, 0.15) is 11.9 Å². The van der Waals surface area contributed by atoms with E-state index in [1.807, 2.05) is 19.9 Å². The van der Waals surface area contributed by atoms with Crippen LogP contribution in [0, 0.1) is 5.82 Å². The van der Waals surface area contributed by atoms with Crippen LogP contribution in [0.5, 0.6) is 5.88 Å². The second kappa shape index (κ2) is 8.62. The topological polar surface area (TPSA) is 121 Å². The van der Waals surface area contributed by atoms with Crippen LogP contribution >= 0.6 is 0 Å². The van der Waals surface area contributed by atoms with Crippen molar-refractivity contribution in [1.29, 1.82) is 0 Å². The molecule has 1 aliphatic heterocycles. The Morgan fingerprint density at radius 1 is 1.34 bits per heavy atom. The predicted molar refractivity (Wildman–Crippen MR) is 125 cm³/mol. The maximum atomic E-state index is 15.0. The molecule has 5 rings (SSSR count). The molecule has 0 bridgehead atoms. The van der Waals surface area contributed by atoms with Gasteiger partial charge in [0.2, 0.25) is 11.8 Å². The molecule has 0 saturated carbocycles. The lowest BCUT2D eigenvalue weighted by atomic mass is 9.86. The van der Waals surface area contributed by atoms with Crippen LogP contribution < -0.4 is 15.6 Å². The quantitative estimate of drug-likeness (QED) is 0.511. The molecule has 9 nitrogen and oxygen atoms in total. The average molecular weight is 483 g/mol. The van der Waals surface area contributed by atoms with Gasteiger partial charge in [-0.25, -0.2) is 9.37 Å². The van der Waals surface area contributed by atoms with Gasteiger partial charge >= 0.3 is 0 Å². The van der Waals surface area contributed by atoms with E-state index in [-0.39, 0.29) is 23.5 Å². The lowest BCUT2D eigenvalue weighted by Crippen LogP contribution is -2.44. The first kappa shape index (κ1) is 23.3. The number of anilines is 1. The number of aromatic amines is 1. The van der Waals surface area contributed by atoms with E-state index in [1.54, 1.807) is 12.1 Å². The first-order valence-corrected chi connectivity index (χ1v) is 11.5. The molecule has 10 heteroatoms. The Bertz CT molecular complexity index is 1350. The number of carbonyl (C=O) groups excluding carboxylic acids is 1. The first-order chi connectivity index (χ1) is 16.7. The number of hydrogen-bond acceptors (Lipinski definition) is 7. The zero-order chi connectivity index (χ0) is 24.9. The molecule has 3 heterocycles. The van der Waals surface area contributed by atoms with Crippen molar-refractivity contribution in [2.24, 2.45) is 0 Å². The Hall–Kier alpha value is -3.50. The number of methoxy groups -OCH3 is 1. The number of fused-ring (bicyclic) bond motifs is 2. The third-order valence-electron chi connectivity index (χ3n) is 6.92. The number of aromatic nitrogens is 2. The van der Waals surface area contributed by atoms with Gasteiger partial charge in [-0.15, -0.1) is 0 Å². The fourth-order valence-corrected chi connectivity index (χ4v) is 5.21. The number of H-pyrrole nitrogens is 1. The predicted octanol–water partition coefficient (Wildman–Crippen LogP) is 2.96. The molecule has 1 unspecified atom stereocenters. The monoisotopic (exact) mass is 482 g/mol. The fourth-order valence-electron chi connectivity index (χ4n) is 5.21. The molecule has 1 aromatic carbocycles. The number of nitrogens with zero attached hydrogens (tertiary/aromatic N) is 2. The number of nitrogens with one attached hydrogen (secondary N) is 2. The number of hydrogen-bond donors (Lipinski definition) is 3. The smallest absolute Gasteiger partial charge is 0.280 e. The number of amides is 1. The van der Waals surface area contributed by atoms with Gasteiger partial charge in [0.15, 0.2) is 12.0 Å². The highest BCUT2D eigenvalue weighted by Crippen LogP contribution is 2.42. The van der Waals surface area contributed by atoms with E-state index in [4.69, 9.17) is 9.26 Å². The summed E-state index contributed by atoms with van der Waals surface area (Å²) in [5, 5.41) is 16.0. The number of rotatable bonds is 5. The number of aryl methyl sites for hydroxylation is 1.